The summed E-state index contributed by atoms with van der Waals surface area (Å²) in [6.45, 7) is 0. The molecule has 0 fully saturated rings. The van der Waals surface area contributed by atoms with Gasteiger partial charge in [0.2, 0.25) is 0 Å². The molecule has 0 saturated heterocycles. The summed E-state index contributed by atoms with van der Waals surface area (Å²) in [5.74, 6) is 0.843. The highest BCUT2D eigenvalue weighted by atomic mass is 16.5. The molecule has 2 aromatic heterocycles. The molecule has 3 aromatic rings. The van der Waals surface area contributed by atoms with Gasteiger partial charge in [0.1, 0.15) is 5.75 Å². The van der Waals surface area contributed by atoms with Crippen molar-refractivity contribution in [3.05, 3.63) is 65.9 Å². The first-order valence-corrected chi connectivity index (χ1v) is 7.44. The van der Waals surface area contributed by atoms with Crippen LogP contribution in [0.25, 0.3) is 22.6 Å². The summed E-state index contributed by atoms with van der Waals surface area (Å²) in [5.41, 5.74) is 6.61. The molecule has 1 aromatic carbocycles. The predicted molar refractivity (Wildman–Crippen MR) is 86.9 cm³/mol. The van der Waals surface area contributed by atoms with Crippen molar-refractivity contribution in [3.8, 4) is 28.4 Å². The second kappa shape index (κ2) is 5.26. The van der Waals surface area contributed by atoms with Crippen molar-refractivity contribution in [2.75, 3.05) is 7.11 Å². The highest BCUT2D eigenvalue weighted by molar-refractivity contribution is 5.70. The second-order valence-electron chi connectivity index (χ2n) is 5.45. The van der Waals surface area contributed by atoms with Gasteiger partial charge in [-0.2, -0.15) is 0 Å². The molecule has 3 nitrogen and oxygen atoms in total. The van der Waals surface area contributed by atoms with Crippen LogP contribution in [0.4, 0.5) is 0 Å². The Kier molecular flexibility index (Phi) is 3.11. The predicted octanol–water partition coefficient (Wildman–Crippen LogP) is 3.92. The summed E-state index contributed by atoms with van der Waals surface area (Å²) in [5, 5.41) is 0. The van der Waals surface area contributed by atoms with Crippen LogP contribution in [0.5, 0.6) is 5.75 Å². The first-order chi connectivity index (χ1) is 10.8. The van der Waals surface area contributed by atoms with E-state index in [0.29, 0.717) is 0 Å². The van der Waals surface area contributed by atoms with Gasteiger partial charge in [-0.3, -0.25) is 4.98 Å². The highest BCUT2D eigenvalue weighted by Gasteiger charge is 2.19. The van der Waals surface area contributed by atoms with Gasteiger partial charge < -0.3 is 4.74 Å². The molecule has 1 aliphatic rings. The van der Waals surface area contributed by atoms with E-state index in [4.69, 9.17) is 9.72 Å². The number of hydrogen-bond acceptors (Lipinski definition) is 3. The van der Waals surface area contributed by atoms with E-state index in [1.165, 1.54) is 11.1 Å². The zero-order valence-corrected chi connectivity index (χ0v) is 12.4. The number of methoxy groups -OCH3 is 1. The molecule has 0 unspecified atom stereocenters. The normalized spacial score (nSPS) is 12.4. The number of pyridine rings is 2. The van der Waals surface area contributed by atoms with Gasteiger partial charge in [-0.25, -0.2) is 4.98 Å². The Hall–Kier alpha value is -2.68. The first-order valence-electron chi connectivity index (χ1n) is 7.44. The van der Waals surface area contributed by atoms with Crippen LogP contribution < -0.4 is 4.74 Å². The lowest BCUT2D eigenvalue weighted by molar-refractivity contribution is 0.415. The highest BCUT2D eigenvalue weighted by Crippen LogP contribution is 2.32. The summed E-state index contributed by atoms with van der Waals surface area (Å²) >= 11 is 0. The zero-order valence-electron chi connectivity index (χ0n) is 12.4. The van der Waals surface area contributed by atoms with Crippen molar-refractivity contribution in [2.45, 2.75) is 12.8 Å². The van der Waals surface area contributed by atoms with Gasteiger partial charge in [-0.05, 0) is 48.2 Å². The van der Waals surface area contributed by atoms with Crippen LogP contribution in [-0.2, 0) is 12.8 Å². The van der Waals surface area contributed by atoms with Crippen LogP contribution in [0.2, 0.25) is 0 Å². The number of hydrogen-bond donors (Lipinski definition) is 0. The summed E-state index contributed by atoms with van der Waals surface area (Å²) in [6, 6.07) is 16.4. The van der Waals surface area contributed by atoms with Crippen molar-refractivity contribution < 1.29 is 4.74 Å². The SMILES string of the molecule is COc1cccc(-c2ccc3c(n2)-c2ncccc2CC3)c1. The summed E-state index contributed by atoms with van der Waals surface area (Å²) in [6.07, 6.45) is 3.91. The molecule has 4 rings (SSSR count). The van der Waals surface area contributed by atoms with Crippen LogP contribution >= 0.6 is 0 Å². The number of aromatic nitrogens is 2. The molecule has 108 valence electrons. The minimum absolute atomic E-state index is 0.843. The largest absolute Gasteiger partial charge is 0.497 e. The molecule has 0 spiro atoms. The van der Waals surface area contributed by atoms with Crippen molar-refractivity contribution >= 4 is 0 Å². The number of aryl methyl sites for hydroxylation is 2. The average molecular weight is 288 g/mol. The Balaban J connectivity index is 1.85. The van der Waals surface area contributed by atoms with E-state index in [9.17, 15) is 0 Å². The van der Waals surface area contributed by atoms with Crippen molar-refractivity contribution in [1.29, 1.82) is 0 Å². The van der Waals surface area contributed by atoms with Crippen molar-refractivity contribution in [1.82, 2.24) is 9.97 Å². The van der Waals surface area contributed by atoms with Crippen LogP contribution in [0.3, 0.4) is 0 Å². The Labute approximate surface area is 129 Å². The quantitative estimate of drug-likeness (QED) is 0.717. The Morgan fingerprint density at radius 2 is 1.77 bits per heavy atom. The van der Waals surface area contributed by atoms with Gasteiger partial charge in [0.25, 0.3) is 0 Å². The maximum absolute atomic E-state index is 5.31. The Morgan fingerprint density at radius 1 is 0.909 bits per heavy atom. The lowest BCUT2D eigenvalue weighted by Crippen LogP contribution is -2.07. The van der Waals surface area contributed by atoms with Gasteiger partial charge in [0.15, 0.2) is 0 Å². The minimum atomic E-state index is 0.843. The maximum Gasteiger partial charge on any atom is 0.119 e. The van der Waals surface area contributed by atoms with Crippen molar-refractivity contribution in [2.24, 2.45) is 0 Å². The van der Waals surface area contributed by atoms with Crippen LogP contribution in [0.1, 0.15) is 11.1 Å². The monoisotopic (exact) mass is 288 g/mol. The fourth-order valence-electron chi connectivity index (χ4n) is 2.96. The van der Waals surface area contributed by atoms with E-state index in [-0.39, 0.29) is 0 Å². The average Bonchev–Trinajstić information content (AvgIpc) is 2.61. The molecule has 0 radical (unpaired) electrons. The molecule has 0 bridgehead atoms. The number of fused-ring (bicyclic) bond motifs is 3. The zero-order chi connectivity index (χ0) is 14.9. The first kappa shape index (κ1) is 13.0. The molecular formula is C19H16N2O. The molecule has 3 heteroatoms. The molecule has 0 aliphatic heterocycles. The van der Waals surface area contributed by atoms with Gasteiger partial charge in [-0.15, -0.1) is 0 Å². The van der Waals surface area contributed by atoms with Gasteiger partial charge in [0, 0.05) is 11.8 Å². The molecular weight excluding hydrogens is 272 g/mol. The number of ether oxygens (including phenoxy) is 1. The molecule has 1 aliphatic carbocycles. The van der Waals surface area contributed by atoms with E-state index in [2.05, 4.69) is 29.2 Å². The number of nitrogens with zero attached hydrogens (tertiary/aromatic N) is 2. The van der Waals surface area contributed by atoms with E-state index >= 15 is 0 Å². The molecule has 2 heterocycles. The fourth-order valence-corrected chi connectivity index (χ4v) is 2.96. The van der Waals surface area contributed by atoms with E-state index < -0.39 is 0 Å². The molecule has 0 amide bonds. The summed E-state index contributed by atoms with van der Waals surface area (Å²) < 4.78 is 5.31. The maximum atomic E-state index is 5.31. The number of benzene rings is 1. The van der Waals surface area contributed by atoms with Crippen LogP contribution in [0, 0.1) is 0 Å². The van der Waals surface area contributed by atoms with Gasteiger partial charge in [0.05, 0.1) is 24.2 Å². The van der Waals surface area contributed by atoms with Gasteiger partial charge in [-0.1, -0.05) is 24.3 Å². The third-order valence-electron chi connectivity index (χ3n) is 4.12. The van der Waals surface area contributed by atoms with E-state index in [0.717, 1.165) is 41.2 Å². The molecule has 0 atom stereocenters. The standard InChI is InChI=1S/C19H16N2O/c1-22-16-6-2-4-15(12-16)17-10-9-14-8-7-13-5-3-11-20-18(13)19(14)21-17/h2-6,9-12H,7-8H2,1H3. The minimum Gasteiger partial charge on any atom is -0.497 e. The third kappa shape index (κ3) is 2.15. The fraction of sp³-hybridized carbons (Fsp3) is 0.158. The van der Waals surface area contributed by atoms with Gasteiger partial charge >= 0.3 is 0 Å². The lowest BCUT2D eigenvalue weighted by atomic mass is 9.92. The Bertz CT molecular complexity index is 842. The topological polar surface area (TPSA) is 35.0 Å². The lowest BCUT2D eigenvalue weighted by Gasteiger charge is -2.18. The molecule has 0 saturated carbocycles. The van der Waals surface area contributed by atoms with Crippen LogP contribution in [-0.4, -0.2) is 17.1 Å². The number of rotatable bonds is 2. The summed E-state index contributed by atoms with van der Waals surface area (Å²) in [4.78, 5) is 9.42. The second-order valence-corrected chi connectivity index (χ2v) is 5.45. The summed E-state index contributed by atoms with van der Waals surface area (Å²) in [7, 11) is 1.68. The molecule has 22 heavy (non-hydrogen) atoms. The van der Waals surface area contributed by atoms with Crippen molar-refractivity contribution in [3.63, 3.8) is 0 Å². The molecule has 0 N–H and O–H groups in total. The third-order valence-corrected chi connectivity index (χ3v) is 4.12. The smallest absolute Gasteiger partial charge is 0.119 e. The Morgan fingerprint density at radius 3 is 2.64 bits per heavy atom. The van der Waals surface area contributed by atoms with E-state index in [1.54, 1.807) is 7.11 Å². The van der Waals surface area contributed by atoms with E-state index in [1.807, 2.05) is 30.5 Å². The van der Waals surface area contributed by atoms with Crippen LogP contribution in [0.15, 0.2) is 54.7 Å².